The molecule has 0 aromatic carbocycles. The third-order valence-corrected chi connectivity index (χ3v) is 4.30. The average Bonchev–Trinajstić information content (AvgIpc) is 2.35. The van der Waals surface area contributed by atoms with Gasteiger partial charge in [0.15, 0.2) is 0 Å². The molecule has 1 aliphatic carbocycles. The van der Waals surface area contributed by atoms with Gasteiger partial charge >= 0.3 is 6.09 Å². The Balaban J connectivity index is 1.58. The number of alkyl carbamates (subject to hydrolysis) is 1. The highest BCUT2D eigenvalue weighted by atomic mass is 16.6. The molecule has 0 radical (unpaired) electrons. The number of ether oxygens (including phenoxy) is 1. The minimum atomic E-state index is -0.454. The fourth-order valence-electron chi connectivity index (χ4n) is 3.16. The summed E-state index contributed by atoms with van der Waals surface area (Å²) in [5.74, 6) is -0.258. The van der Waals surface area contributed by atoms with Crippen LogP contribution in [-0.4, -0.2) is 60.3 Å². The van der Waals surface area contributed by atoms with Crippen molar-refractivity contribution in [2.75, 3.05) is 19.6 Å². The fraction of sp³-hybridized carbons (Fsp3) is 0.875. The molecular weight excluding hydrogens is 296 g/mol. The van der Waals surface area contributed by atoms with Crippen LogP contribution in [0, 0.1) is 0 Å². The molecule has 0 aromatic rings. The molecule has 7 heteroatoms. The van der Waals surface area contributed by atoms with Crippen LogP contribution in [0.5, 0.6) is 0 Å². The van der Waals surface area contributed by atoms with Crippen molar-refractivity contribution in [1.29, 1.82) is 0 Å². The van der Waals surface area contributed by atoms with E-state index in [0.717, 1.165) is 38.8 Å². The maximum Gasteiger partial charge on any atom is 0.407 e. The summed E-state index contributed by atoms with van der Waals surface area (Å²) < 4.78 is 5.26. The van der Waals surface area contributed by atoms with Crippen LogP contribution in [0.3, 0.4) is 0 Å². The molecule has 0 bridgehead atoms. The molecule has 2 rings (SSSR count). The molecule has 1 saturated heterocycles. The number of nitrogens with zero attached hydrogens (tertiary/aromatic N) is 1. The third-order valence-electron chi connectivity index (χ3n) is 4.30. The second-order valence-corrected chi connectivity index (χ2v) is 7.69. The van der Waals surface area contributed by atoms with E-state index in [1.165, 1.54) is 0 Å². The predicted molar refractivity (Wildman–Crippen MR) is 88.0 cm³/mol. The standard InChI is InChI=1S/C16H30N4O3/c1-16(2,3)23-15(22)19-13-8-12(9-13)18-11-4-6-20(7-5-11)10-14(17)21/h11-13,18H,4-10H2,1-3H3,(H2,17,21)(H,19,22). The van der Waals surface area contributed by atoms with Crippen LogP contribution in [0.1, 0.15) is 46.5 Å². The van der Waals surface area contributed by atoms with Gasteiger partial charge in [-0.05, 0) is 46.5 Å². The Morgan fingerprint density at radius 2 is 1.74 bits per heavy atom. The Labute approximate surface area is 138 Å². The number of hydrogen-bond donors (Lipinski definition) is 3. The summed E-state index contributed by atoms with van der Waals surface area (Å²) in [4.78, 5) is 24.7. The second-order valence-electron chi connectivity index (χ2n) is 7.69. The quantitative estimate of drug-likeness (QED) is 0.687. The highest BCUT2D eigenvalue weighted by molar-refractivity contribution is 5.75. The lowest BCUT2D eigenvalue weighted by molar-refractivity contribution is -0.119. The lowest BCUT2D eigenvalue weighted by Crippen LogP contribution is -2.56. The monoisotopic (exact) mass is 326 g/mol. The summed E-state index contributed by atoms with van der Waals surface area (Å²) in [7, 11) is 0. The maximum atomic E-state index is 11.7. The topological polar surface area (TPSA) is 96.7 Å². The van der Waals surface area contributed by atoms with Crippen molar-refractivity contribution < 1.29 is 14.3 Å². The smallest absolute Gasteiger partial charge is 0.407 e. The zero-order valence-electron chi connectivity index (χ0n) is 14.4. The Morgan fingerprint density at radius 3 is 2.26 bits per heavy atom. The summed E-state index contributed by atoms with van der Waals surface area (Å²) in [5.41, 5.74) is 4.77. The van der Waals surface area contributed by atoms with Crippen molar-refractivity contribution in [3.05, 3.63) is 0 Å². The van der Waals surface area contributed by atoms with Crippen molar-refractivity contribution in [2.45, 2.75) is 70.2 Å². The lowest BCUT2D eigenvalue weighted by atomic mass is 9.85. The molecule has 1 saturated carbocycles. The molecule has 1 aliphatic heterocycles. The highest BCUT2D eigenvalue weighted by Gasteiger charge is 2.33. The molecule has 23 heavy (non-hydrogen) atoms. The van der Waals surface area contributed by atoms with E-state index in [9.17, 15) is 9.59 Å². The Bertz CT molecular complexity index is 422. The van der Waals surface area contributed by atoms with Gasteiger partial charge in [-0.25, -0.2) is 4.79 Å². The number of primary amides is 1. The van der Waals surface area contributed by atoms with Gasteiger partial charge in [-0.1, -0.05) is 0 Å². The number of rotatable bonds is 5. The maximum absolute atomic E-state index is 11.7. The molecule has 0 unspecified atom stereocenters. The van der Waals surface area contributed by atoms with E-state index in [0.29, 0.717) is 18.6 Å². The minimum Gasteiger partial charge on any atom is -0.444 e. The van der Waals surface area contributed by atoms with Gasteiger partial charge < -0.3 is 21.1 Å². The van der Waals surface area contributed by atoms with Crippen molar-refractivity contribution in [3.63, 3.8) is 0 Å². The number of piperidine rings is 1. The van der Waals surface area contributed by atoms with E-state index in [1.807, 2.05) is 20.8 Å². The Morgan fingerprint density at radius 1 is 1.13 bits per heavy atom. The second kappa shape index (κ2) is 7.49. The summed E-state index contributed by atoms with van der Waals surface area (Å²) >= 11 is 0. The van der Waals surface area contributed by atoms with Crippen LogP contribution in [-0.2, 0) is 9.53 Å². The van der Waals surface area contributed by atoms with Crippen LogP contribution in [0.2, 0.25) is 0 Å². The van der Waals surface area contributed by atoms with Crippen molar-refractivity contribution >= 4 is 12.0 Å². The zero-order valence-corrected chi connectivity index (χ0v) is 14.4. The van der Waals surface area contributed by atoms with Crippen molar-refractivity contribution in [2.24, 2.45) is 5.73 Å². The Hall–Kier alpha value is -1.34. The van der Waals surface area contributed by atoms with E-state index in [-0.39, 0.29) is 18.0 Å². The van der Waals surface area contributed by atoms with E-state index in [2.05, 4.69) is 15.5 Å². The van der Waals surface area contributed by atoms with Crippen molar-refractivity contribution in [3.8, 4) is 0 Å². The molecule has 132 valence electrons. The van der Waals surface area contributed by atoms with Gasteiger partial charge in [0.2, 0.25) is 5.91 Å². The number of nitrogens with two attached hydrogens (primary N) is 1. The molecule has 2 amide bonds. The van der Waals surface area contributed by atoms with Crippen molar-refractivity contribution in [1.82, 2.24) is 15.5 Å². The van der Waals surface area contributed by atoms with Gasteiger partial charge in [0.05, 0.1) is 6.54 Å². The van der Waals surface area contributed by atoms with Crippen LogP contribution in [0.15, 0.2) is 0 Å². The first-order valence-electron chi connectivity index (χ1n) is 8.47. The zero-order chi connectivity index (χ0) is 17.0. The average molecular weight is 326 g/mol. The first kappa shape index (κ1) is 18.0. The number of hydrogen-bond acceptors (Lipinski definition) is 5. The van der Waals surface area contributed by atoms with E-state index >= 15 is 0 Å². The summed E-state index contributed by atoms with van der Waals surface area (Å²) in [6, 6.07) is 1.16. The van der Waals surface area contributed by atoms with Gasteiger partial charge in [0.25, 0.3) is 0 Å². The van der Waals surface area contributed by atoms with E-state index < -0.39 is 5.60 Å². The number of amides is 2. The van der Waals surface area contributed by atoms with Crippen LogP contribution in [0.25, 0.3) is 0 Å². The SMILES string of the molecule is CC(C)(C)OC(=O)NC1CC(NC2CCN(CC(N)=O)CC2)C1. The number of nitrogens with one attached hydrogen (secondary N) is 2. The van der Waals surface area contributed by atoms with Crippen LogP contribution >= 0.6 is 0 Å². The fourth-order valence-corrected chi connectivity index (χ4v) is 3.16. The van der Waals surface area contributed by atoms with Crippen LogP contribution < -0.4 is 16.4 Å². The largest absolute Gasteiger partial charge is 0.444 e. The van der Waals surface area contributed by atoms with E-state index in [1.54, 1.807) is 0 Å². The molecule has 2 fully saturated rings. The molecule has 1 heterocycles. The molecule has 0 aromatic heterocycles. The summed E-state index contributed by atoms with van der Waals surface area (Å²) in [6.45, 7) is 7.77. The number of carbonyl (C=O) groups is 2. The minimum absolute atomic E-state index is 0.206. The molecular formula is C16H30N4O3. The van der Waals surface area contributed by atoms with Crippen LogP contribution in [0.4, 0.5) is 4.79 Å². The van der Waals surface area contributed by atoms with Gasteiger partial charge in [0, 0.05) is 31.2 Å². The molecule has 2 aliphatic rings. The lowest BCUT2D eigenvalue weighted by Gasteiger charge is -2.41. The molecule has 7 nitrogen and oxygen atoms in total. The third kappa shape index (κ3) is 6.35. The summed E-state index contributed by atoms with van der Waals surface area (Å²) in [6.07, 6.45) is 3.63. The number of likely N-dealkylation sites (tertiary alicyclic amines) is 1. The first-order chi connectivity index (χ1) is 10.7. The van der Waals surface area contributed by atoms with E-state index in [4.69, 9.17) is 10.5 Å². The molecule has 0 atom stereocenters. The number of carbonyl (C=O) groups excluding carboxylic acids is 2. The molecule has 4 N–H and O–H groups in total. The van der Waals surface area contributed by atoms with Gasteiger partial charge in [0.1, 0.15) is 5.60 Å². The predicted octanol–water partition coefficient (Wildman–Crippen LogP) is 0.581. The van der Waals surface area contributed by atoms with Gasteiger partial charge in [-0.15, -0.1) is 0 Å². The molecule has 0 spiro atoms. The van der Waals surface area contributed by atoms with Gasteiger partial charge in [-0.3, -0.25) is 9.69 Å². The highest BCUT2D eigenvalue weighted by Crippen LogP contribution is 2.23. The van der Waals surface area contributed by atoms with Gasteiger partial charge in [-0.2, -0.15) is 0 Å². The normalized spacial score (nSPS) is 26.4. The first-order valence-corrected chi connectivity index (χ1v) is 8.47. The Kier molecular flexibility index (Phi) is 5.86. The summed E-state index contributed by atoms with van der Waals surface area (Å²) in [5, 5.41) is 6.55.